The highest BCUT2D eigenvalue weighted by atomic mass is 32.1. The first-order valence-corrected chi connectivity index (χ1v) is 7.54. The normalized spacial score (nSPS) is 13.6. The van der Waals surface area contributed by atoms with Crippen molar-refractivity contribution in [3.63, 3.8) is 0 Å². The molecular formula is C16H13N3OS. The molecule has 3 aromatic rings. The molecule has 0 saturated heterocycles. The number of primary amides is 1. The number of rotatable bonds is 2. The van der Waals surface area contributed by atoms with Gasteiger partial charge >= 0.3 is 0 Å². The molecule has 0 atom stereocenters. The van der Waals surface area contributed by atoms with Gasteiger partial charge in [0.25, 0.3) is 5.91 Å². The molecule has 1 aromatic carbocycles. The van der Waals surface area contributed by atoms with Crippen LogP contribution in [0.25, 0.3) is 10.1 Å². The van der Waals surface area contributed by atoms with Crippen LogP contribution < -0.4 is 10.6 Å². The van der Waals surface area contributed by atoms with Gasteiger partial charge in [-0.1, -0.05) is 24.3 Å². The number of thiophene rings is 1. The molecule has 2 N–H and O–H groups in total. The molecule has 0 spiro atoms. The molecule has 0 saturated carbocycles. The summed E-state index contributed by atoms with van der Waals surface area (Å²) in [6.07, 6.45) is 3.55. The largest absolute Gasteiger partial charge is 0.365 e. The molecule has 0 bridgehead atoms. The first kappa shape index (κ1) is 12.3. The molecule has 4 rings (SSSR count). The Balaban J connectivity index is 1.87. The van der Waals surface area contributed by atoms with Crippen LogP contribution in [0.2, 0.25) is 0 Å². The Morgan fingerprint density at radius 1 is 1.19 bits per heavy atom. The van der Waals surface area contributed by atoms with Crippen molar-refractivity contribution < 1.29 is 4.79 Å². The smallest absolute Gasteiger partial charge is 0.260 e. The fourth-order valence-electron chi connectivity index (χ4n) is 2.91. The zero-order valence-corrected chi connectivity index (χ0v) is 12.1. The van der Waals surface area contributed by atoms with E-state index in [1.54, 1.807) is 12.4 Å². The van der Waals surface area contributed by atoms with E-state index in [1.165, 1.54) is 22.5 Å². The van der Waals surface area contributed by atoms with Crippen LogP contribution in [0.5, 0.6) is 0 Å². The van der Waals surface area contributed by atoms with E-state index in [9.17, 15) is 4.79 Å². The maximum atomic E-state index is 11.8. The molecule has 1 aliphatic heterocycles. The van der Waals surface area contributed by atoms with Crippen molar-refractivity contribution >= 4 is 33.0 Å². The third-order valence-electron chi connectivity index (χ3n) is 3.85. The van der Waals surface area contributed by atoms with E-state index in [2.05, 4.69) is 22.0 Å². The van der Waals surface area contributed by atoms with Gasteiger partial charge < -0.3 is 10.6 Å². The highest BCUT2D eigenvalue weighted by molar-refractivity contribution is 7.21. The second-order valence-corrected chi connectivity index (χ2v) is 6.19. The van der Waals surface area contributed by atoms with E-state index in [-0.39, 0.29) is 5.91 Å². The number of aromatic nitrogens is 1. The van der Waals surface area contributed by atoms with Gasteiger partial charge in [0.05, 0.1) is 10.4 Å². The number of carbonyl (C=O) groups excluding carboxylic acids is 1. The third kappa shape index (κ3) is 1.89. The molecule has 21 heavy (non-hydrogen) atoms. The second kappa shape index (κ2) is 4.56. The summed E-state index contributed by atoms with van der Waals surface area (Å²) in [5, 5.41) is 1.05. The van der Waals surface area contributed by atoms with Gasteiger partial charge in [-0.15, -0.1) is 11.3 Å². The van der Waals surface area contributed by atoms with Gasteiger partial charge in [-0.05, 0) is 17.2 Å². The summed E-state index contributed by atoms with van der Waals surface area (Å²) in [7, 11) is 0. The zero-order chi connectivity index (χ0) is 14.4. The number of fused-ring (bicyclic) bond motifs is 2. The predicted molar refractivity (Wildman–Crippen MR) is 84.5 cm³/mol. The lowest BCUT2D eigenvalue weighted by Gasteiger charge is -2.18. The lowest BCUT2D eigenvalue weighted by atomic mass is 10.1. The summed E-state index contributed by atoms with van der Waals surface area (Å²) in [5.41, 5.74) is 9.13. The molecule has 5 heteroatoms. The summed E-state index contributed by atoms with van der Waals surface area (Å²) in [4.78, 5) is 18.8. The number of carbonyl (C=O) groups is 1. The standard InChI is InChI=1S/C16H13N3OS/c17-16(20)15-14(12-5-6-18-7-13(12)21-15)19-8-10-3-1-2-4-11(10)9-19/h1-7H,8-9H2,(H2,17,20). The quantitative estimate of drug-likeness (QED) is 0.791. The van der Waals surface area contributed by atoms with E-state index >= 15 is 0 Å². The predicted octanol–water partition coefficient (Wildman–Crippen LogP) is 2.92. The SMILES string of the molecule is NC(=O)c1sc2cnccc2c1N1Cc2ccccc2C1. The maximum Gasteiger partial charge on any atom is 0.260 e. The Labute approximate surface area is 125 Å². The molecule has 1 aliphatic rings. The Morgan fingerprint density at radius 3 is 2.57 bits per heavy atom. The zero-order valence-electron chi connectivity index (χ0n) is 11.2. The van der Waals surface area contributed by atoms with E-state index in [4.69, 9.17) is 5.73 Å². The number of amides is 1. The Bertz CT molecular complexity index is 831. The fourth-order valence-corrected chi connectivity index (χ4v) is 3.95. The molecule has 104 valence electrons. The van der Waals surface area contributed by atoms with Crippen molar-refractivity contribution in [1.82, 2.24) is 4.98 Å². The van der Waals surface area contributed by atoms with Gasteiger partial charge in [0.2, 0.25) is 0 Å². The molecule has 0 unspecified atom stereocenters. The van der Waals surface area contributed by atoms with Crippen LogP contribution in [0.15, 0.2) is 42.7 Å². The number of nitrogens with two attached hydrogens (primary N) is 1. The Hall–Kier alpha value is -2.40. The minimum absolute atomic E-state index is 0.373. The van der Waals surface area contributed by atoms with Crippen LogP contribution >= 0.6 is 11.3 Å². The van der Waals surface area contributed by atoms with Crippen molar-refractivity contribution in [2.45, 2.75) is 13.1 Å². The monoisotopic (exact) mass is 295 g/mol. The van der Waals surface area contributed by atoms with Crippen LogP contribution in [0.1, 0.15) is 20.8 Å². The number of pyridine rings is 1. The van der Waals surface area contributed by atoms with Crippen molar-refractivity contribution in [1.29, 1.82) is 0 Å². The lowest BCUT2D eigenvalue weighted by molar-refractivity contribution is 0.100. The van der Waals surface area contributed by atoms with Crippen LogP contribution in [-0.2, 0) is 13.1 Å². The Kier molecular flexibility index (Phi) is 2.68. The summed E-state index contributed by atoms with van der Waals surface area (Å²) in [5.74, 6) is -0.373. The summed E-state index contributed by atoms with van der Waals surface area (Å²) in [6, 6.07) is 10.3. The number of anilines is 1. The van der Waals surface area contributed by atoms with Gasteiger partial charge in [0, 0.05) is 30.9 Å². The summed E-state index contributed by atoms with van der Waals surface area (Å²) >= 11 is 1.42. The average molecular weight is 295 g/mol. The molecule has 0 radical (unpaired) electrons. The molecule has 4 nitrogen and oxygen atoms in total. The summed E-state index contributed by atoms with van der Waals surface area (Å²) < 4.78 is 0.997. The lowest BCUT2D eigenvalue weighted by Crippen LogP contribution is -2.19. The minimum Gasteiger partial charge on any atom is -0.365 e. The van der Waals surface area contributed by atoms with Crippen LogP contribution in [-0.4, -0.2) is 10.9 Å². The Morgan fingerprint density at radius 2 is 1.90 bits per heavy atom. The summed E-state index contributed by atoms with van der Waals surface area (Å²) in [6.45, 7) is 1.62. The highest BCUT2D eigenvalue weighted by Crippen LogP contribution is 2.41. The van der Waals surface area contributed by atoms with Crippen molar-refractivity contribution in [3.8, 4) is 0 Å². The minimum atomic E-state index is -0.373. The van der Waals surface area contributed by atoms with E-state index in [0.717, 1.165) is 28.9 Å². The van der Waals surface area contributed by atoms with Gasteiger partial charge in [-0.25, -0.2) is 0 Å². The number of benzene rings is 1. The molecule has 3 heterocycles. The van der Waals surface area contributed by atoms with Gasteiger partial charge in [-0.3, -0.25) is 9.78 Å². The fraction of sp³-hybridized carbons (Fsp3) is 0.125. The van der Waals surface area contributed by atoms with Crippen LogP contribution in [0.4, 0.5) is 5.69 Å². The first-order chi connectivity index (χ1) is 10.2. The van der Waals surface area contributed by atoms with Crippen molar-refractivity contribution in [3.05, 3.63) is 58.7 Å². The van der Waals surface area contributed by atoms with Crippen molar-refractivity contribution in [2.75, 3.05) is 4.90 Å². The van der Waals surface area contributed by atoms with E-state index in [0.29, 0.717) is 4.88 Å². The first-order valence-electron chi connectivity index (χ1n) is 6.72. The number of hydrogen-bond acceptors (Lipinski definition) is 4. The van der Waals surface area contributed by atoms with Gasteiger partial charge in [0.15, 0.2) is 0 Å². The average Bonchev–Trinajstić information content (AvgIpc) is 3.07. The van der Waals surface area contributed by atoms with Crippen LogP contribution in [0.3, 0.4) is 0 Å². The number of hydrogen-bond donors (Lipinski definition) is 1. The second-order valence-electron chi connectivity index (χ2n) is 5.14. The topological polar surface area (TPSA) is 59.2 Å². The van der Waals surface area contributed by atoms with Gasteiger partial charge in [0.1, 0.15) is 4.88 Å². The molecular weight excluding hydrogens is 282 g/mol. The molecule has 1 amide bonds. The van der Waals surface area contributed by atoms with E-state index < -0.39 is 0 Å². The van der Waals surface area contributed by atoms with E-state index in [1.807, 2.05) is 18.2 Å². The molecule has 0 aliphatic carbocycles. The van der Waals surface area contributed by atoms with Crippen LogP contribution in [0, 0.1) is 0 Å². The van der Waals surface area contributed by atoms with Gasteiger partial charge in [-0.2, -0.15) is 0 Å². The van der Waals surface area contributed by atoms with Crippen molar-refractivity contribution in [2.24, 2.45) is 5.73 Å². The molecule has 2 aromatic heterocycles. The number of nitrogens with zero attached hydrogens (tertiary/aromatic N) is 2. The molecule has 0 fully saturated rings. The maximum absolute atomic E-state index is 11.8. The highest BCUT2D eigenvalue weighted by Gasteiger charge is 2.26. The third-order valence-corrected chi connectivity index (χ3v) is 4.99.